The number of nitrogens with zero attached hydrogens (tertiary/aromatic N) is 3. The van der Waals surface area contributed by atoms with E-state index in [0.717, 1.165) is 47.8 Å². The first-order chi connectivity index (χ1) is 13.3. The molecule has 29 heavy (non-hydrogen) atoms. The molecule has 1 saturated heterocycles. The minimum absolute atomic E-state index is 0. The van der Waals surface area contributed by atoms with Crippen LogP contribution in [0.2, 0.25) is 5.02 Å². The van der Waals surface area contributed by atoms with Gasteiger partial charge in [-0.15, -0.1) is 24.8 Å². The molecule has 0 saturated carbocycles. The molecule has 0 atom stereocenters. The number of hydrogen-bond donors (Lipinski definition) is 2. The summed E-state index contributed by atoms with van der Waals surface area (Å²) in [6.07, 6.45) is 7.35. The highest BCUT2D eigenvalue weighted by Gasteiger charge is 2.38. The maximum Gasteiger partial charge on any atom is 0.223 e. The Bertz CT molecular complexity index is 902. The Labute approximate surface area is 188 Å². The van der Waals surface area contributed by atoms with Crippen LogP contribution in [-0.2, 0) is 12.0 Å². The van der Waals surface area contributed by atoms with Gasteiger partial charge >= 0.3 is 0 Å². The molecule has 8 heteroatoms. The molecule has 3 aromatic rings. The van der Waals surface area contributed by atoms with E-state index < -0.39 is 0 Å². The number of nitrogens with one attached hydrogen (secondary N) is 2. The number of halogens is 3. The fourth-order valence-corrected chi connectivity index (χ4v) is 4.08. The van der Waals surface area contributed by atoms with Crippen LogP contribution in [0.4, 0.5) is 5.95 Å². The lowest BCUT2D eigenvalue weighted by atomic mass is 9.70. The Balaban J connectivity index is 0.00000150. The molecular weight excluding hydrogens is 429 g/mol. The van der Waals surface area contributed by atoms with Crippen molar-refractivity contribution in [1.82, 2.24) is 20.3 Å². The molecule has 4 rings (SSSR count). The van der Waals surface area contributed by atoms with Gasteiger partial charge in [-0.05, 0) is 55.3 Å². The minimum atomic E-state index is -0.197. The second kappa shape index (κ2) is 10.7. The molecule has 0 bridgehead atoms. The predicted molar refractivity (Wildman–Crippen MR) is 122 cm³/mol. The molecular formula is C21H24Cl3N5. The fourth-order valence-electron chi connectivity index (χ4n) is 3.76. The van der Waals surface area contributed by atoms with Crippen LogP contribution in [0.3, 0.4) is 0 Å². The first kappa shape index (κ1) is 23.4. The van der Waals surface area contributed by atoms with E-state index >= 15 is 0 Å². The van der Waals surface area contributed by atoms with Crippen LogP contribution < -0.4 is 10.6 Å². The van der Waals surface area contributed by atoms with E-state index in [0.29, 0.717) is 12.5 Å². The Hall–Kier alpha value is -1.92. The van der Waals surface area contributed by atoms with Crippen molar-refractivity contribution in [2.75, 3.05) is 18.4 Å². The number of aromatic nitrogens is 3. The van der Waals surface area contributed by atoms with E-state index in [1.54, 1.807) is 6.20 Å². The molecule has 0 aliphatic carbocycles. The normalized spacial score (nSPS) is 14.9. The van der Waals surface area contributed by atoms with Gasteiger partial charge in [0.1, 0.15) is 0 Å². The number of hydrogen-bond acceptors (Lipinski definition) is 5. The van der Waals surface area contributed by atoms with Crippen LogP contribution in [0.25, 0.3) is 0 Å². The van der Waals surface area contributed by atoms with Crippen LogP contribution in [0, 0.1) is 0 Å². The van der Waals surface area contributed by atoms with Crippen LogP contribution in [0.15, 0.2) is 61.1 Å². The Morgan fingerprint density at radius 2 is 1.79 bits per heavy atom. The number of piperidine rings is 1. The molecule has 0 radical (unpaired) electrons. The van der Waals surface area contributed by atoms with Crippen LogP contribution >= 0.6 is 36.4 Å². The first-order valence-corrected chi connectivity index (χ1v) is 9.58. The second-order valence-corrected chi connectivity index (χ2v) is 7.20. The third kappa shape index (κ3) is 5.17. The van der Waals surface area contributed by atoms with Crippen molar-refractivity contribution < 1.29 is 0 Å². The molecule has 1 aliphatic rings. The zero-order valence-corrected chi connectivity index (χ0v) is 18.2. The Morgan fingerprint density at radius 3 is 2.52 bits per heavy atom. The van der Waals surface area contributed by atoms with Crippen LogP contribution in [0.5, 0.6) is 0 Å². The molecule has 2 aromatic heterocycles. The quantitative estimate of drug-likeness (QED) is 0.590. The van der Waals surface area contributed by atoms with Crippen molar-refractivity contribution in [1.29, 1.82) is 0 Å². The minimum Gasteiger partial charge on any atom is -0.350 e. The third-order valence-electron chi connectivity index (χ3n) is 5.17. The van der Waals surface area contributed by atoms with Crippen molar-refractivity contribution in [2.24, 2.45) is 0 Å². The van der Waals surface area contributed by atoms with Gasteiger partial charge in [-0.25, -0.2) is 9.97 Å². The Morgan fingerprint density at radius 1 is 1.00 bits per heavy atom. The molecule has 1 aliphatic heterocycles. The van der Waals surface area contributed by atoms with Crippen molar-refractivity contribution in [3.8, 4) is 0 Å². The largest absolute Gasteiger partial charge is 0.350 e. The summed E-state index contributed by atoms with van der Waals surface area (Å²) in [5.74, 6) is 0.626. The van der Waals surface area contributed by atoms with Crippen LogP contribution in [0.1, 0.15) is 29.7 Å². The van der Waals surface area contributed by atoms with Crippen molar-refractivity contribution in [3.05, 3.63) is 82.9 Å². The van der Waals surface area contributed by atoms with Gasteiger partial charge < -0.3 is 10.6 Å². The lowest BCUT2D eigenvalue weighted by Crippen LogP contribution is -2.41. The highest BCUT2D eigenvalue weighted by molar-refractivity contribution is 6.31. The molecule has 0 unspecified atom stereocenters. The van der Waals surface area contributed by atoms with Crippen molar-refractivity contribution in [3.63, 3.8) is 0 Å². The van der Waals surface area contributed by atoms with E-state index in [4.69, 9.17) is 16.6 Å². The van der Waals surface area contributed by atoms with Gasteiger partial charge in [-0.2, -0.15) is 0 Å². The maximum atomic E-state index is 6.59. The van der Waals surface area contributed by atoms with Crippen molar-refractivity contribution >= 4 is 42.4 Å². The van der Waals surface area contributed by atoms with Gasteiger partial charge in [0.2, 0.25) is 5.95 Å². The van der Waals surface area contributed by atoms with E-state index in [1.165, 1.54) is 0 Å². The highest BCUT2D eigenvalue weighted by Crippen LogP contribution is 2.42. The van der Waals surface area contributed by atoms with Gasteiger partial charge in [0.25, 0.3) is 0 Å². The maximum absolute atomic E-state index is 6.59. The molecule has 1 fully saturated rings. The summed E-state index contributed by atoms with van der Waals surface area (Å²) in [6, 6.07) is 14.1. The smallest absolute Gasteiger partial charge is 0.223 e. The molecule has 0 spiro atoms. The SMILES string of the molecule is Cl.Cl.Clc1ccccc1C1(c2ccnc(NCc3cccnc3)n2)CCNCC1. The fraction of sp³-hybridized carbons (Fsp3) is 0.286. The number of pyridine rings is 1. The number of anilines is 1. The number of benzene rings is 1. The van der Waals surface area contributed by atoms with Gasteiger partial charge in [-0.3, -0.25) is 4.98 Å². The molecule has 3 heterocycles. The first-order valence-electron chi connectivity index (χ1n) is 9.20. The second-order valence-electron chi connectivity index (χ2n) is 6.79. The predicted octanol–water partition coefficient (Wildman–Crippen LogP) is 4.65. The molecule has 0 amide bonds. The lowest BCUT2D eigenvalue weighted by molar-refractivity contribution is 0.354. The average Bonchev–Trinajstić information content (AvgIpc) is 2.74. The lowest BCUT2D eigenvalue weighted by Gasteiger charge is -2.38. The van der Waals surface area contributed by atoms with E-state index in [1.807, 2.05) is 48.8 Å². The van der Waals surface area contributed by atoms with E-state index in [2.05, 4.69) is 26.7 Å². The monoisotopic (exact) mass is 451 g/mol. The summed E-state index contributed by atoms with van der Waals surface area (Å²) in [5.41, 5.74) is 3.05. The van der Waals surface area contributed by atoms with Gasteiger partial charge in [0.05, 0.1) is 5.69 Å². The summed E-state index contributed by atoms with van der Waals surface area (Å²) in [6.45, 7) is 2.51. The zero-order valence-electron chi connectivity index (χ0n) is 15.8. The van der Waals surface area contributed by atoms with Gasteiger partial charge in [0, 0.05) is 35.6 Å². The topological polar surface area (TPSA) is 62.7 Å². The Kier molecular flexibility index (Phi) is 8.65. The summed E-state index contributed by atoms with van der Waals surface area (Å²) in [5, 5.41) is 7.56. The van der Waals surface area contributed by atoms with Crippen molar-refractivity contribution in [2.45, 2.75) is 24.8 Å². The van der Waals surface area contributed by atoms with E-state index in [9.17, 15) is 0 Å². The van der Waals surface area contributed by atoms with Gasteiger partial charge in [0.15, 0.2) is 0 Å². The zero-order chi connectivity index (χ0) is 18.5. The molecule has 2 N–H and O–H groups in total. The molecule has 1 aromatic carbocycles. The van der Waals surface area contributed by atoms with Gasteiger partial charge in [-0.1, -0.05) is 35.9 Å². The summed E-state index contributed by atoms with van der Waals surface area (Å²) in [4.78, 5) is 13.4. The van der Waals surface area contributed by atoms with Crippen LogP contribution in [-0.4, -0.2) is 28.0 Å². The molecule has 154 valence electrons. The third-order valence-corrected chi connectivity index (χ3v) is 5.50. The summed E-state index contributed by atoms with van der Waals surface area (Å²) in [7, 11) is 0. The summed E-state index contributed by atoms with van der Waals surface area (Å²) >= 11 is 6.59. The number of rotatable bonds is 5. The molecule has 5 nitrogen and oxygen atoms in total. The highest BCUT2D eigenvalue weighted by atomic mass is 35.5. The average molecular weight is 453 g/mol. The van der Waals surface area contributed by atoms with E-state index in [-0.39, 0.29) is 30.2 Å². The summed E-state index contributed by atoms with van der Waals surface area (Å²) < 4.78 is 0. The standard InChI is InChI=1S/C21H22ClN5.2ClH/c22-18-6-2-1-5-17(18)21(8-12-23-13-9-21)19-7-11-25-20(27-19)26-15-16-4-3-10-24-14-16;;/h1-7,10-11,14,23H,8-9,12-13,15H2,(H,25,26,27);2*1H.